The predicted octanol–water partition coefficient (Wildman–Crippen LogP) is -0.205. The van der Waals surface area contributed by atoms with Crippen LogP contribution in [0, 0.1) is 0 Å². The maximum atomic E-state index is 11.4. The van der Waals surface area contributed by atoms with Crippen molar-refractivity contribution in [2.45, 2.75) is 26.4 Å². The summed E-state index contributed by atoms with van der Waals surface area (Å²) in [6.45, 7) is 8.35. The summed E-state index contributed by atoms with van der Waals surface area (Å²) in [7, 11) is 0. The minimum atomic E-state index is -1.13. The SMILES string of the molecule is CC(C)(C)OC(=O)NCCOCCOCCOCCOCCNC(=O)COCC(=O)O. The summed E-state index contributed by atoms with van der Waals surface area (Å²) in [4.78, 5) is 32.9. The standard InChI is InChI=1S/C19H36N2O10/c1-19(2,3)31-18(25)21-5-7-27-9-11-29-13-12-28-10-8-26-6-4-20-16(22)14-30-15-17(23)24/h4-15H2,1-3H3,(H,20,22)(H,21,25)(H,23,24). The number of carbonyl (C=O) groups is 3. The molecule has 0 aliphatic carbocycles. The van der Waals surface area contributed by atoms with E-state index in [-0.39, 0.29) is 6.61 Å². The average molecular weight is 453 g/mol. The molecule has 0 aromatic carbocycles. The van der Waals surface area contributed by atoms with Crippen molar-refractivity contribution in [3.8, 4) is 0 Å². The van der Waals surface area contributed by atoms with Crippen molar-refractivity contribution in [1.29, 1.82) is 0 Å². The maximum absolute atomic E-state index is 11.4. The Morgan fingerprint density at radius 1 is 0.677 bits per heavy atom. The Hall–Kier alpha value is -1.99. The number of carbonyl (C=O) groups excluding carboxylic acids is 2. The second-order valence-electron chi connectivity index (χ2n) is 7.11. The molecule has 31 heavy (non-hydrogen) atoms. The zero-order chi connectivity index (χ0) is 23.4. The van der Waals surface area contributed by atoms with Crippen molar-refractivity contribution in [3.05, 3.63) is 0 Å². The van der Waals surface area contributed by atoms with Crippen LogP contribution in [0.3, 0.4) is 0 Å². The van der Waals surface area contributed by atoms with Crippen LogP contribution in [0.4, 0.5) is 4.79 Å². The molecule has 0 heterocycles. The van der Waals surface area contributed by atoms with Gasteiger partial charge in [0.2, 0.25) is 5.91 Å². The van der Waals surface area contributed by atoms with Gasteiger partial charge in [-0.2, -0.15) is 0 Å². The molecule has 0 radical (unpaired) electrons. The largest absolute Gasteiger partial charge is 0.480 e. The zero-order valence-electron chi connectivity index (χ0n) is 18.6. The number of rotatable bonds is 19. The van der Waals surface area contributed by atoms with Gasteiger partial charge in [0.1, 0.15) is 18.8 Å². The Morgan fingerprint density at radius 2 is 1.13 bits per heavy atom. The van der Waals surface area contributed by atoms with E-state index in [4.69, 9.17) is 28.8 Å². The Morgan fingerprint density at radius 3 is 1.58 bits per heavy atom. The van der Waals surface area contributed by atoms with Crippen LogP contribution >= 0.6 is 0 Å². The molecule has 0 aliphatic heterocycles. The van der Waals surface area contributed by atoms with E-state index in [2.05, 4.69) is 15.4 Å². The summed E-state index contributed by atoms with van der Waals surface area (Å²) in [5.41, 5.74) is -0.522. The smallest absolute Gasteiger partial charge is 0.407 e. The molecule has 0 aliphatic rings. The van der Waals surface area contributed by atoms with Gasteiger partial charge in [0, 0.05) is 13.1 Å². The van der Waals surface area contributed by atoms with Crippen LogP contribution in [0.5, 0.6) is 0 Å². The summed E-state index contributed by atoms with van der Waals surface area (Å²) >= 11 is 0. The second kappa shape index (κ2) is 18.8. The molecular formula is C19H36N2O10. The fraction of sp³-hybridized carbons (Fsp3) is 0.842. The topological polar surface area (TPSA) is 151 Å². The number of alkyl carbamates (subject to hydrolysis) is 1. The van der Waals surface area contributed by atoms with E-state index >= 15 is 0 Å². The first-order valence-corrected chi connectivity index (χ1v) is 10.0. The first kappa shape index (κ1) is 29.0. The minimum Gasteiger partial charge on any atom is -0.480 e. The second-order valence-corrected chi connectivity index (χ2v) is 7.11. The van der Waals surface area contributed by atoms with Crippen molar-refractivity contribution in [3.63, 3.8) is 0 Å². The van der Waals surface area contributed by atoms with Gasteiger partial charge >= 0.3 is 12.1 Å². The van der Waals surface area contributed by atoms with E-state index in [0.717, 1.165) is 0 Å². The normalized spacial score (nSPS) is 11.2. The molecular weight excluding hydrogens is 416 g/mol. The lowest BCUT2D eigenvalue weighted by atomic mass is 10.2. The van der Waals surface area contributed by atoms with Crippen LogP contribution < -0.4 is 10.6 Å². The highest BCUT2D eigenvalue weighted by atomic mass is 16.6. The quantitative estimate of drug-likeness (QED) is 0.225. The molecule has 0 aromatic rings. The van der Waals surface area contributed by atoms with Gasteiger partial charge in [0.25, 0.3) is 0 Å². The number of ether oxygens (including phenoxy) is 6. The van der Waals surface area contributed by atoms with Crippen LogP contribution in [0.25, 0.3) is 0 Å². The van der Waals surface area contributed by atoms with Crippen LogP contribution in [-0.2, 0) is 38.0 Å². The Kier molecular flexibility index (Phi) is 17.5. The van der Waals surface area contributed by atoms with Crippen LogP contribution in [0.15, 0.2) is 0 Å². The van der Waals surface area contributed by atoms with Gasteiger partial charge in [-0.25, -0.2) is 9.59 Å². The lowest BCUT2D eigenvalue weighted by molar-refractivity contribution is -0.143. The molecule has 182 valence electrons. The third kappa shape index (κ3) is 24.2. The molecule has 0 saturated heterocycles. The summed E-state index contributed by atoms with van der Waals surface area (Å²) in [5, 5.41) is 13.5. The highest BCUT2D eigenvalue weighted by Gasteiger charge is 2.15. The third-order valence-electron chi connectivity index (χ3n) is 3.06. The molecule has 2 amide bonds. The molecule has 0 bridgehead atoms. The zero-order valence-corrected chi connectivity index (χ0v) is 18.6. The lowest BCUT2D eigenvalue weighted by Gasteiger charge is -2.19. The van der Waals surface area contributed by atoms with Crippen LogP contribution in [-0.4, -0.2) is 108 Å². The first-order chi connectivity index (χ1) is 14.7. The van der Waals surface area contributed by atoms with E-state index in [9.17, 15) is 14.4 Å². The number of nitrogens with one attached hydrogen (secondary N) is 2. The minimum absolute atomic E-state index is 0.297. The van der Waals surface area contributed by atoms with Gasteiger partial charge in [0.05, 0.1) is 52.9 Å². The monoisotopic (exact) mass is 452 g/mol. The highest BCUT2D eigenvalue weighted by molar-refractivity contribution is 5.77. The Bertz CT molecular complexity index is 497. The summed E-state index contributed by atoms with van der Waals surface area (Å²) in [5.74, 6) is -1.53. The number of aliphatic carboxylic acids is 1. The van der Waals surface area contributed by atoms with Gasteiger partial charge < -0.3 is 44.2 Å². The number of hydrogen-bond donors (Lipinski definition) is 3. The first-order valence-electron chi connectivity index (χ1n) is 10.0. The molecule has 3 N–H and O–H groups in total. The molecule has 12 nitrogen and oxygen atoms in total. The van der Waals surface area contributed by atoms with E-state index < -0.39 is 30.2 Å². The van der Waals surface area contributed by atoms with E-state index in [1.807, 2.05) is 0 Å². The van der Waals surface area contributed by atoms with Crippen LogP contribution in [0.1, 0.15) is 20.8 Å². The fourth-order valence-electron chi connectivity index (χ4n) is 1.85. The number of hydrogen-bond acceptors (Lipinski definition) is 9. The number of carboxylic acids is 1. The van der Waals surface area contributed by atoms with Crippen molar-refractivity contribution < 1.29 is 47.9 Å². The molecule has 0 unspecified atom stereocenters. The lowest BCUT2D eigenvalue weighted by Crippen LogP contribution is -2.34. The number of amides is 2. The summed E-state index contributed by atoms with van der Waals surface area (Å²) in [6.07, 6.45) is -0.471. The van der Waals surface area contributed by atoms with Gasteiger partial charge in [-0.3, -0.25) is 4.79 Å². The van der Waals surface area contributed by atoms with Crippen molar-refractivity contribution >= 4 is 18.0 Å². The van der Waals surface area contributed by atoms with E-state index in [0.29, 0.717) is 65.9 Å². The van der Waals surface area contributed by atoms with Crippen molar-refractivity contribution in [1.82, 2.24) is 10.6 Å². The van der Waals surface area contributed by atoms with Crippen molar-refractivity contribution in [2.24, 2.45) is 0 Å². The Balaban J connectivity index is 3.23. The van der Waals surface area contributed by atoms with Gasteiger partial charge in [-0.05, 0) is 20.8 Å². The molecule has 0 saturated carbocycles. The molecule has 0 rings (SSSR count). The van der Waals surface area contributed by atoms with E-state index in [1.165, 1.54) is 0 Å². The predicted molar refractivity (Wildman–Crippen MR) is 109 cm³/mol. The molecule has 0 aromatic heterocycles. The summed E-state index contributed by atoms with van der Waals surface area (Å²) in [6, 6.07) is 0. The average Bonchev–Trinajstić information content (AvgIpc) is 2.66. The fourth-order valence-corrected chi connectivity index (χ4v) is 1.85. The van der Waals surface area contributed by atoms with Gasteiger partial charge in [0.15, 0.2) is 0 Å². The molecule has 0 atom stereocenters. The number of carboxylic acid groups (broad SMARTS) is 1. The summed E-state index contributed by atoms with van der Waals surface area (Å²) < 4.78 is 31.0. The van der Waals surface area contributed by atoms with E-state index in [1.54, 1.807) is 20.8 Å². The van der Waals surface area contributed by atoms with Gasteiger partial charge in [-0.15, -0.1) is 0 Å². The molecule has 0 spiro atoms. The van der Waals surface area contributed by atoms with Crippen LogP contribution in [0.2, 0.25) is 0 Å². The maximum Gasteiger partial charge on any atom is 0.407 e. The highest BCUT2D eigenvalue weighted by Crippen LogP contribution is 2.05. The molecule has 0 fully saturated rings. The Labute approximate surface area is 182 Å². The molecule has 12 heteroatoms. The van der Waals surface area contributed by atoms with Crippen molar-refractivity contribution in [2.75, 3.05) is 79.2 Å². The van der Waals surface area contributed by atoms with Gasteiger partial charge in [-0.1, -0.05) is 0 Å². The third-order valence-corrected chi connectivity index (χ3v) is 3.06.